The predicted molar refractivity (Wildman–Crippen MR) is 247 cm³/mol. The second-order valence-corrected chi connectivity index (χ2v) is 18.3. The molecule has 0 unspecified atom stereocenters. The van der Waals surface area contributed by atoms with Crippen molar-refractivity contribution in [2.24, 2.45) is 0 Å². The minimum Gasteiger partial charge on any atom is -0.456 e. The van der Waals surface area contributed by atoms with Gasteiger partial charge < -0.3 is 14.2 Å². The van der Waals surface area contributed by atoms with Gasteiger partial charge in [-0.25, -0.2) is 0 Å². The van der Waals surface area contributed by atoms with Crippen molar-refractivity contribution in [3.8, 4) is 0 Å². The van der Waals surface area contributed by atoms with E-state index in [1.54, 1.807) is 0 Å². The molecule has 0 aliphatic heterocycles. The highest BCUT2D eigenvalue weighted by molar-refractivity contribution is 7.19. The highest BCUT2D eigenvalue weighted by Gasteiger charge is 2.42. The summed E-state index contributed by atoms with van der Waals surface area (Å²) in [4.78, 5) is 4.68. The zero-order valence-corrected chi connectivity index (χ0v) is 32.9. The average molecular weight is 761 g/mol. The van der Waals surface area contributed by atoms with E-state index in [4.69, 9.17) is 4.42 Å². The van der Waals surface area contributed by atoms with Gasteiger partial charge in [-0.2, -0.15) is 0 Å². The summed E-state index contributed by atoms with van der Waals surface area (Å²) in [5, 5.41) is 7.49. The molecule has 4 heteroatoms. The lowest BCUT2D eigenvalue weighted by molar-refractivity contribution is 0.669. The van der Waals surface area contributed by atoms with Crippen LogP contribution in [0.5, 0.6) is 0 Å². The van der Waals surface area contributed by atoms with Crippen molar-refractivity contribution < 1.29 is 4.42 Å². The van der Waals surface area contributed by atoms with Gasteiger partial charge in [0, 0.05) is 51.0 Å². The molecule has 0 aliphatic carbocycles. The molecular formula is C54H40N2OSi. The lowest BCUT2D eigenvalue weighted by Crippen LogP contribution is -2.74. The van der Waals surface area contributed by atoms with Gasteiger partial charge >= 0.3 is 0 Å². The Bertz CT molecular complexity index is 2860. The quantitative estimate of drug-likeness (QED) is 0.102. The van der Waals surface area contributed by atoms with E-state index in [1.165, 1.54) is 20.7 Å². The average Bonchev–Trinajstić information content (AvgIpc) is 3.67. The summed E-state index contributed by atoms with van der Waals surface area (Å²) in [7, 11) is -2.93. The molecule has 1 heterocycles. The molecule has 9 aromatic carbocycles. The molecule has 10 rings (SSSR count). The fourth-order valence-electron chi connectivity index (χ4n) is 8.59. The van der Waals surface area contributed by atoms with Crippen molar-refractivity contribution in [1.29, 1.82) is 0 Å². The van der Waals surface area contributed by atoms with Crippen LogP contribution in [0.1, 0.15) is 0 Å². The van der Waals surface area contributed by atoms with Gasteiger partial charge in [0.25, 0.3) is 0 Å². The molecule has 0 spiro atoms. The minimum atomic E-state index is -2.93. The molecule has 58 heavy (non-hydrogen) atoms. The molecule has 10 aromatic rings. The second-order valence-electron chi connectivity index (χ2n) is 14.5. The van der Waals surface area contributed by atoms with Crippen molar-refractivity contribution in [2.75, 3.05) is 9.80 Å². The van der Waals surface area contributed by atoms with Crippen LogP contribution in [0.15, 0.2) is 247 Å². The fourth-order valence-corrected chi connectivity index (χ4v) is 13.4. The Kier molecular flexibility index (Phi) is 9.22. The zero-order chi connectivity index (χ0) is 38.7. The number of nitrogens with zero attached hydrogens (tertiary/aromatic N) is 2. The molecule has 0 saturated carbocycles. The smallest absolute Gasteiger partial charge is 0.179 e. The van der Waals surface area contributed by atoms with Gasteiger partial charge in [0.2, 0.25) is 0 Å². The molecule has 0 atom stereocenters. The Labute approximate surface area is 340 Å². The van der Waals surface area contributed by atoms with E-state index in [0.717, 1.165) is 56.1 Å². The highest BCUT2D eigenvalue weighted by Crippen LogP contribution is 2.39. The lowest BCUT2D eigenvalue weighted by Gasteiger charge is -2.36. The molecule has 0 bridgehead atoms. The molecule has 3 nitrogen and oxygen atoms in total. The summed E-state index contributed by atoms with van der Waals surface area (Å²) in [5.74, 6) is 0. The summed E-state index contributed by atoms with van der Waals surface area (Å²) in [6.07, 6.45) is 0. The molecule has 0 saturated heterocycles. The molecule has 0 N–H and O–H groups in total. The van der Waals surface area contributed by atoms with Crippen LogP contribution in [0.4, 0.5) is 34.1 Å². The molecule has 1 aromatic heterocycles. The Morgan fingerprint density at radius 2 is 0.638 bits per heavy atom. The fraction of sp³-hybridized carbons (Fsp3) is 0. The zero-order valence-electron chi connectivity index (χ0n) is 31.9. The predicted octanol–water partition coefficient (Wildman–Crippen LogP) is 11.9. The van der Waals surface area contributed by atoms with Gasteiger partial charge in [-0.3, -0.25) is 0 Å². The number of anilines is 6. The minimum absolute atomic E-state index is 0.869. The van der Waals surface area contributed by atoms with Crippen molar-refractivity contribution in [1.82, 2.24) is 0 Å². The molecule has 0 fully saturated rings. The first-order valence-electron chi connectivity index (χ1n) is 19.8. The van der Waals surface area contributed by atoms with Gasteiger partial charge in [0.1, 0.15) is 11.2 Å². The maximum absolute atomic E-state index is 6.43. The van der Waals surface area contributed by atoms with Crippen molar-refractivity contribution in [3.63, 3.8) is 0 Å². The van der Waals surface area contributed by atoms with E-state index >= 15 is 0 Å². The number of para-hydroxylation sites is 4. The Balaban J connectivity index is 1.17. The molecule has 276 valence electrons. The van der Waals surface area contributed by atoms with E-state index in [0.29, 0.717) is 0 Å². The number of fused-ring (bicyclic) bond motifs is 3. The first-order valence-corrected chi connectivity index (χ1v) is 21.8. The highest BCUT2D eigenvalue weighted by atomic mass is 28.3. The van der Waals surface area contributed by atoms with E-state index in [1.807, 2.05) is 12.1 Å². The Morgan fingerprint density at radius 1 is 0.259 bits per heavy atom. The topological polar surface area (TPSA) is 19.6 Å². The maximum atomic E-state index is 6.43. The summed E-state index contributed by atoms with van der Waals surface area (Å²) in [5.41, 5.74) is 8.30. The van der Waals surface area contributed by atoms with E-state index in [9.17, 15) is 0 Å². The van der Waals surface area contributed by atoms with E-state index in [-0.39, 0.29) is 0 Å². The number of benzene rings is 9. The van der Waals surface area contributed by atoms with Gasteiger partial charge in [-0.15, -0.1) is 0 Å². The standard InChI is InChI=1S/C54H40N2OSi/c1-6-19-41(20-7-1)55(42-21-8-2-9-22-42)44-33-36-49(37-34-44)58(47-26-12-4-13-27-47,48-28-14-5-15-29-48)50-30-18-25-45(39-50)56(43-23-10-3-11-24-43)46-35-38-52-51-31-16-17-32-53(51)57-54(52)40-46/h1-40H. The summed E-state index contributed by atoms with van der Waals surface area (Å²) >= 11 is 0. The third kappa shape index (κ3) is 6.26. The van der Waals surface area contributed by atoms with Crippen LogP contribution in [0, 0.1) is 0 Å². The largest absolute Gasteiger partial charge is 0.456 e. The van der Waals surface area contributed by atoms with Crippen LogP contribution in [0.3, 0.4) is 0 Å². The number of rotatable bonds is 10. The summed E-state index contributed by atoms with van der Waals surface area (Å²) in [6.45, 7) is 0. The van der Waals surface area contributed by atoms with Gasteiger partial charge in [0.15, 0.2) is 8.07 Å². The van der Waals surface area contributed by atoms with E-state index < -0.39 is 8.07 Å². The third-order valence-corrected chi connectivity index (χ3v) is 15.9. The monoisotopic (exact) mass is 760 g/mol. The SMILES string of the molecule is c1ccc(N(c2ccccc2)c2ccc([Si](c3ccccc3)(c3ccccc3)c3cccc(N(c4ccccc4)c4ccc5c(c4)oc4ccccc45)c3)cc2)cc1. The second kappa shape index (κ2) is 15.3. The Morgan fingerprint density at radius 3 is 1.21 bits per heavy atom. The van der Waals surface area contributed by atoms with Gasteiger partial charge in [0.05, 0.1) is 0 Å². The van der Waals surface area contributed by atoms with Crippen LogP contribution in [0.25, 0.3) is 21.9 Å². The number of hydrogen-bond donors (Lipinski definition) is 0. The van der Waals surface area contributed by atoms with E-state index in [2.05, 4.69) is 240 Å². The number of hydrogen-bond acceptors (Lipinski definition) is 3. The molecular weight excluding hydrogens is 721 g/mol. The van der Waals surface area contributed by atoms with Crippen LogP contribution < -0.4 is 30.5 Å². The van der Waals surface area contributed by atoms with Crippen molar-refractivity contribution >= 4 is 84.9 Å². The van der Waals surface area contributed by atoms with Crippen LogP contribution >= 0.6 is 0 Å². The van der Waals surface area contributed by atoms with Crippen LogP contribution in [-0.2, 0) is 0 Å². The first kappa shape index (κ1) is 35.0. The lowest BCUT2D eigenvalue weighted by atomic mass is 10.1. The van der Waals surface area contributed by atoms with Gasteiger partial charge in [-0.1, -0.05) is 158 Å². The number of furan rings is 1. The third-order valence-electron chi connectivity index (χ3n) is 11.2. The molecule has 0 radical (unpaired) electrons. The first-order chi connectivity index (χ1) is 28.8. The van der Waals surface area contributed by atoms with Gasteiger partial charge in [-0.05, 0) is 99.6 Å². The normalized spacial score (nSPS) is 11.4. The summed E-state index contributed by atoms with van der Waals surface area (Å²) < 4.78 is 6.43. The Hall–Kier alpha value is -7.40. The van der Waals surface area contributed by atoms with Crippen LogP contribution in [-0.4, -0.2) is 8.07 Å². The van der Waals surface area contributed by atoms with Crippen LogP contribution in [0.2, 0.25) is 0 Å². The maximum Gasteiger partial charge on any atom is 0.179 e. The van der Waals surface area contributed by atoms with Crippen molar-refractivity contribution in [3.05, 3.63) is 243 Å². The van der Waals surface area contributed by atoms with Crippen molar-refractivity contribution in [2.45, 2.75) is 0 Å². The summed E-state index contributed by atoms with van der Waals surface area (Å²) in [6, 6.07) is 87.6. The molecule has 0 amide bonds. The molecule has 0 aliphatic rings.